The molecule has 142 valence electrons. The van der Waals surface area contributed by atoms with Crippen LogP contribution in [0, 0.1) is 13.8 Å². The molecular formula is C18H21N5O4. The molecule has 9 heteroatoms. The summed E-state index contributed by atoms with van der Waals surface area (Å²) in [6, 6.07) is 1.56. The number of imide groups is 1. The van der Waals surface area contributed by atoms with Gasteiger partial charge < -0.3 is 4.90 Å². The van der Waals surface area contributed by atoms with Crippen LogP contribution in [-0.2, 0) is 14.4 Å². The first-order valence-electron chi connectivity index (χ1n) is 9.08. The minimum Gasteiger partial charge on any atom is -0.333 e. The summed E-state index contributed by atoms with van der Waals surface area (Å²) in [5, 5.41) is 3.07. The van der Waals surface area contributed by atoms with E-state index in [1.165, 1.54) is 4.52 Å². The summed E-state index contributed by atoms with van der Waals surface area (Å²) in [4.78, 5) is 55.9. The molecular weight excluding hydrogens is 350 g/mol. The van der Waals surface area contributed by atoms with Crippen LogP contribution in [0.5, 0.6) is 0 Å². The first-order valence-corrected chi connectivity index (χ1v) is 9.08. The summed E-state index contributed by atoms with van der Waals surface area (Å²) < 4.78 is 1.40. The molecule has 2 fully saturated rings. The molecule has 0 aromatic carbocycles. The maximum absolute atomic E-state index is 12.7. The molecule has 0 spiro atoms. The zero-order valence-corrected chi connectivity index (χ0v) is 15.3. The van der Waals surface area contributed by atoms with Crippen molar-refractivity contribution in [2.24, 2.45) is 0 Å². The fourth-order valence-corrected chi connectivity index (χ4v) is 3.82. The fourth-order valence-electron chi connectivity index (χ4n) is 3.82. The Morgan fingerprint density at radius 2 is 1.93 bits per heavy atom. The van der Waals surface area contributed by atoms with E-state index in [9.17, 15) is 19.2 Å². The number of fused-ring (bicyclic) bond motifs is 1. The Kier molecular flexibility index (Phi) is 4.09. The van der Waals surface area contributed by atoms with Crippen molar-refractivity contribution < 1.29 is 14.4 Å². The molecule has 0 bridgehead atoms. The Morgan fingerprint density at radius 3 is 2.63 bits per heavy atom. The third-order valence-electron chi connectivity index (χ3n) is 5.48. The molecule has 4 rings (SSSR count). The number of nitrogens with one attached hydrogen (secondary N) is 1. The lowest BCUT2D eigenvalue weighted by molar-refractivity contribution is -0.145. The third-order valence-corrected chi connectivity index (χ3v) is 5.48. The first kappa shape index (κ1) is 17.4. The van der Waals surface area contributed by atoms with Crippen molar-refractivity contribution in [1.82, 2.24) is 24.4 Å². The number of aryl methyl sites for hydroxylation is 1. The number of H-pyrrole nitrogens is 1. The molecule has 0 saturated carbocycles. The summed E-state index contributed by atoms with van der Waals surface area (Å²) in [7, 11) is 0. The van der Waals surface area contributed by atoms with E-state index in [-0.39, 0.29) is 48.7 Å². The highest BCUT2D eigenvalue weighted by atomic mass is 16.2. The van der Waals surface area contributed by atoms with Crippen molar-refractivity contribution in [2.45, 2.75) is 45.6 Å². The number of amides is 3. The lowest BCUT2D eigenvalue weighted by Crippen LogP contribution is -2.42. The Bertz CT molecular complexity index is 1000. The van der Waals surface area contributed by atoms with Crippen molar-refractivity contribution in [2.75, 3.05) is 13.1 Å². The van der Waals surface area contributed by atoms with E-state index in [1.807, 2.05) is 0 Å². The average molecular weight is 371 g/mol. The van der Waals surface area contributed by atoms with Gasteiger partial charge in [-0.25, -0.2) is 9.50 Å². The Balaban J connectivity index is 1.61. The number of carbonyl (C=O) groups excluding carboxylic acids is 3. The van der Waals surface area contributed by atoms with Gasteiger partial charge in [0, 0.05) is 36.7 Å². The summed E-state index contributed by atoms with van der Waals surface area (Å²) in [5.74, 6) is -0.847. The highest BCUT2D eigenvalue weighted by molar-refractivity contribution is 6.04. The molecule has 2 aliphatic rings. The molecule has 3 amide bonds. The van der Waals surface area contributed by atoms with E-state index >= 15 is 0 Å². The summed E-state index contributed by atoms with van der Waals surface area (Å²) in [6.45, 7) is 3.85. The Morgan fingerprint density at radius 1 is 1.22 bits per heavy atom. The van der Waals surface area contributed by atoms with Gasteiger partial charge in [-0.05, 0) is 26.7 Å². The largest absolute Gasteiger partial charge is 0.333 e. The summed E-state index contributed by atoms with van der Waals surface area (Å²) in [6.07, 6.45) is 1.90. The monoisotopic (exact) mass is 371 g/mol. The summed E-state index contributed by atoms with van der Waals surface area (Å²) >= 11 is 0. The second kappa shape index (κ2) is 6.33. The number of aromatic amines is 1. The van der Waals surface area contributed by atoms with Crippen molar-refractivity contribution in [1.29, 1.82) is 0 Å². The number of aromatic nitrogens is 3. The predicted octanol–water partition coefficient (Wildman–Crippen LogP) is 0.452. The van der Waals surface area contributed by atoms with E-state index < -0.39 is 0 Å². The van der Waals surface area contributed by atoms with E-state index in [1.54, 1.807) is 24.8 Å². The van der Waals surface area contributed by atoms with Crippen LogP contribution in [0.25, 0.3) is 5.65 Å². The molecule has 4 heterocycles. The highest BCUT2D eigenvalue weighted by Gasteiger charge is 2.36. The topological polar surface area (TPSA) is 108 Å². The second-order valence-electron chi connectivity index (χ2n) is 7.15. The van der Waals surface area contributed by atoms with Crippen LogP contribution in [0.2, 0.25) is 0 Å². The van der Waals surface area contributed by atoms with Gasteiger partial charge in [0.1, 0.15) is 6.54 Å². The van der Waals surface area contributed by atoms with Crippen LogP contribution >= 0.6 is 0 Å². The van der Waals surface area contributed by atoms with Crippen molar-refractivity contribution in [3.8, 4) is 0 Å². The van der Waals surface area contributed by atoms with Crippen LogP contribution in [0.15, 0.2) is 10.9 Å². The van der Waals surface area contributed by atoms with Crippen molar-refractivity contribution >= 4 is 23.4 Å². The first-order chi connectivity index (χ1) is 12.9. The molecule has 9 nitrogen and oxygen atoms in total. The lowest BCUT2D eigenvalue weighted by atomic mass is 10.1. The minimum absolute atomic E-state index is 0.159. The normalized spacial score (nSPS) is 20.3. The molecule has 2 aromatic heterocycles. The minimum atomic E-state index is -0.295. The van der Waals surface area contributed by atoms with Crippen LogP contribution in [0.1, 0.15) is 48.7 Å². The maximum atomic E-state index is 12.7. The second-order valence-corrected chi connectivity index (χ2v) is 7.15. The molecule has 0 radical (unpaired) electrons. The number of carbonyl (C=O) groups is 3. The van der Waals surface area contributed by atoms with Gasteiger partial charge in [0.2, 0.25) is 17.7 Å². The number of nitrogens with zero attached hydrogens (tertiary/aromatic N) is 4. The van der Waals surface area contributed by atoms with Crippen LogP contribution < -0.4 is 5.56 Å². The van der Waals surface area contributed by atoms with Crippen LogP contribution in [-0.4, -0.2) is 55.2 Å². The van der Waals surface area contributed by atoms with Crippen molar-refractivity contribution in [3.63, 3.8) is 0 Å². The SMILES string of the molecule is Cc1nc2cc([C@H]3CCCN3C(=O)CN3C(=O)CCC3=O)[nH]n2c(=O)c1C. The average Bonchev–Trinajstić information content (AvgIpc) is 3.34. The van der Waals surface area contributed by atoms with Crippen LogP contribution in [0.4, 0.5) is 0 Å². The molecule has 0 unspecified atom stereocenters. The molecule has 1 N–H and O–H groups in total. The van der Waals surface area contributed by atoms with Gasteiger partial charge >= 0.3 is 0 Å². The summed E-state index contributed by atoms with van der Waals surface area (Å²) in [5.41, 5.74) is 2.34. The van der Waals surface area contributed by atoms with Gasteiger partial charge in [-0.15, -0.1) is 0 Å². The van der Waals surface area contributed by atoms with Crippen molar-refractivity contribution in [3.05, 3.63) is 33.4 Å². The number of likely N-dealkylation sites (tertiary alicyclic amines) is 2. The van der Waals surface area contributed by atoms with E-state index in [0.29, 0.717) is 23.4 Å². The van der Waals surface area contributed by atoms with Gasteiger partial charge in [0.25, 0.3) is 5.56 Å². The zero-order valence-electron chi connectivity index (χ0n) is 15.3. The molecule has 27 heavy (non-hydrogen) atoms. The predicted molar refractivity (Wildman–Crippen MR) is 94.9 cm³/mol. The van der Waals surface area contributed by atoms with Gasteiger partial charge in [0.15, 0.2) is 5.65 Å². The molecule has 2 aliphatic heterocycles. The fraction of sp³-hybridized carbons (Fsp3) is 0.500. The Labute approximate surface area is 154 Å². The molecule has 2 saturated heterocycles. The zero-order chi connectivity index (χ0) is 19.3. The van der Waals surface area contributed by atoms with Crippen LogP contribution in [0.3, 0.4) is 0 Å². The van der Waals surface area contributed by atoms with E-state index in [4.69, 9.17) is 0 Å². The van der Waals surface area contributed by atoms with Gasteiger partial charge in [-0.3, -0.25) is 29.2 Å². The third kappa shape index (κ3) is 2.83. The maximum Gasteiger partial charge on any atom is 0.275 e. The van der Waals surface area contributed by atoms with E-state index in [2.05, 4.69) is 10.1 Å². The van der Waals surface area contributed by atoms with Gasteiger partial charge in [-0.1, -0.05) is 0 Å². The molecule has 2 aromatic rings. The standard InChI is InChI=1S/C18H21N5O4/c1-10-11(2)19-14-8-12(20-23(14)18(10)27)13-4-3-7-21(13)17(26)9-22-15(24)5-6-16(22)25/h8,13,20H,3-7,9H2,1-2H3/t13-/m1/s1. The number of rotatable bonds is 3. The Hall–Kier alpha value is -2.97. The van der Waals surface area contributed by atoms with Gasteiger partial charge in [-0.2, -0.15) is 0 Å². The molecule has 0 aliphatic carbocycles. The number of hydrogen-bond acceptors (Lipinski definition) is 5. The lowest BCUT2D eigenvalue weighted by Gasteiger charge is -2.25. The highest BCUT2D eigenvalue weighted by Crippen LogP contribution is 2.31. The van der Waals surface area contributed by atoms with E-state index in [0.717, 1.165) is 23.4 Å². The smallest absolute Gasteiger partial charge is 0.275 e. The quantitative estimate of drug-likeness (QED) is 0.788. The molecule has 1 atom stereocenters. The van der Waals surface area contributed by atoms with Gasteiger partial charge in [0.05, 0.1) is 11.7 Å². The number of hydrogen-bond donors (Lipinski definition) is 1.